The highest BCUT2D eigenvalue weighted by molar-refractivity contribution is 7.15. The van der Waals surface area contributed by atoms with E-state index in [0.717, 1.165) is 27.1 Å². The van der Waals surface area contributed by atoms with Crippen LogP contribution in [0.2, 0.25) is 0 Å². The molecule has 0 bridgehead atoms. The average Bonchev–Trinajstić information content (AvgIpc) is 2.74. The Balaban J connectivity index is 2.24. The third-order valence-corrected chi connectivity index (χ3v) is 3.55. The molecule has 5 heteroatoms. The Morgan fingerprint density at radius 3 is 3.00 bits per heavy atom. The van der Waals surface area contributed by atoms with E-state index in [1.54, 1.807) is 22.7 Å². The monoisotopic (exact) mass is 225 g/mol. The van der Waals surface area contributed by atoms with Crippen molar-refractivity contribution in [3.8, 4) is 10.6 Å². The van der Waals surface area contributed by atoms with Crippen molar-refractivity contribution in [2.75, 3.05) is 7.05 Å². The lowest BCUT2D eigenvalue weighted by atomic mass is 10.4. The van der Waals surface area contributed by atoms with Gasteiger partial charge in [-0.2, -0.15) is 0 Å². The predicted molar refractivity (Wildman–Crippen MR) is 60.7 cm³/mol. The second kappa shape index (κ2) is 4.16. The van der Waals surface area contributed by atoms with Gasteiger partial charge in [-0.25, -0.2) is 9.97 Å². The van der Waals surface area contributed by atoms with Crippen LogP contribution < -0.4 is 5.32 Å². The minimum atomic E-state index is 0.827. The van der Waals surface area contributed by atoms with E-state index in [1.807, 2.05) is 20.2 Å². The summed E-state index contributed by atoms with van der Waals surface area (Å²) in [6.45, 7) is 2.84. The van der Waals surface area contributed by atoms with Gasteiger partial charge in [-0.3, -0.25) is 0 Å². The minimum absolute atomic E-state index is 0.827. The summed E-state index contributed by atoms with van der Waals surface area (Å²) < 4.78 is 0. The number of nitrogens with zero attached hydrogens (tertiary/aromatic N) is 2. The lowest BCUT2D eigenvalue weighted by Gasteiger charge is -1.89. The van der Waals surface area contributed by atoms with E-state index in [4.69, 9.17) is 0 Å². The molecule has 0 atom stereocenters. The minimum Gasteiger partial charge on any atom is -0.314 e. The van der Waals surface area contributed by atoms with Crippen LogP contribution in [0.4, 0.5) is 0 Å². The molecule has 0 aromatic carbocycles. The lowest BCUT2D eigenvalue weighted by molar-refractivity contribution is 0.810. The summed E-state index contributed by atoms with van der Waals surface area (Å²) >= 11 is 3.37. The molecule has 0 saturated carbocycles. The Labute approximate surface area is 90.9 Å². The number of hydrogen-bond donors (Lipinski definition) is 1. The fourth-order valence-electron chi connectivity index (χ4n) is 1.14. The summed E-state index contributed by atoms with van der Waals surface area (Å²) in [5.41, 5.74) is 1.05. The first kappa shape index (κ1) is 9.76. The van der Waals surface area contributed by atoms with Gasteiger partial charge >= 0.3 is 0 Å². The molecule has 3 nitrogen and oxygen atoms in total. The van der Waals surface area contributed by atoms with Crippen LogP contribution in [0.3, 0.4) is 0 Å². The largest absolute Gasteiger partial charge is 0.314 e. The van der Waals surface area contributed by atoms with E-state index in [-0.39, 0.29) is 0 Å². The molecule has 0 aliphatic heterocycles. The summed E-state index contributed by atoms with van der Waals surface area (Å²) in [4.78, 5) is 9.89. The molecule has 2 heterocycles. The van der Waals surface area contributed by atoms with Gasteiger partial charge in [0.2, 0.25) is 0 Å². The van der Waals surface area contributed by atoms with Gasteiger partial charge in [-0.1, -0.05) is 0 Å². The van der Waals surface area contributed by atoms with Crippen LogP contribution in [0.5, 0.6) is 0 Å². The highest BCUT2D eigenvalue weighted by atomic mass is 32.1. The predicted octanol–water partition coefficient (Wildman–Crippen LogP) is 2.29. The Morgan fingerprint density at radius 2 is 2.36 bits per heavy atom. The van der Waals surface area contributed by atoms with Crippen molar-refractivity contribution in [3.63, 3.8) is 0 Å². The average molecular weight is 225 g/mol. The van der Waals surface area contributed by atoms with E-state index in [2.05, 4.69) is 20.7 Å². The SMILES string of the molecule is CNCc1ncc(-c2csc(C)n2)s1. The van der Waals surface area contributed by atoms with Crippen molar-refractivity contribution in [3.05, 3.63) is 21.6 Å². The molecule has 0 aliphatic carbocycles. The number of thiazole rings is 2. The molecule has 0 spiro atoms. The van der Waals surface area contributed by atoms with Crippen molar-refractivity contribution >= 4 is 22.7 Å². The molecule has 0 amide bonds. The van der Waals surface area contributed by atoms with Crippen LogP contribution in [0.25, 0.3) is 10.6 Å². The molecular weight excluding hydrogens is 214 g/mol. The fraction of sp³-hybridized carbons (Fsp3) is 0.333. The van der Waals surface area contributed by atoms with Crippen LogP contribution >= 0.6 is 22.7 Å². The zero-order valence-corrected chi connectivity index (χ0v) is 9.71. The lowest BCUT2D eigenvalue weighted by Crippen LogP contribution is -2.03. The Hall–Kier alpha value is -0.780. The van der Waals surface area contributed by atoms with Crippen molar-refractivity contribution in [2.45, 2.75) is 13.5 Å². The second-order valence-electron chi connectivity index (χ2n) is 2.90. The highest BCUT2D eigenvalue weighted by Crippen LogP contribution is 2.26. The Morgan fingerprint density at radius 1 is 1.50 bits per heavy atom. The molecule has 0 radical (unpaired) electrons. The van der Waals surface area contributed by atoms with Crippen LogP contribution in [-0.4, -0.2) is 17.0 Å². The maximum atomic E-state index is 4.42. The summed E-state index contributed by atoms with van der Waals surface area (Å²) in [7, 11) is 1.92. The topological polar surface area (TPSA) is 37.8 Å². The van der Waals surface area contributed by atoms with Crippen LogP contribution in [0.1, 0.15) is 10.0 Å². The number of aryl methyl sites for hydroxylation is 1. The first-order valence-corrected chi connectivity index (χ1v) is 6.01. The molecular formula is C9H11N3S2. The summed E-state index contributed by atoms with van der Waals surface area (Å²) in [5, 5.41) is 7.36. The van der Waals surface area contributed by atoms with Crippen LogP contribution in [-0.2, 0) is 6.54 Å². The smallest absolute Gasteiger partial charge is 0.107 e. The molecule has 0 unspecified atom stereocenters. The van der Waals surface area contributed by atoms with Gasteiger partial charge in [0, 0.05) is 18.1 Å². The van der Waals surface area contributed by atoms with Crippen LogP contribution in [0, 0.1) is 6.92 Å². The molecule has 2 aromatic heterocycles. The third-order valence-electron chi connectivity index (χ3n) is 1.75. The van der Waals surface area contributed by atoms with Crippen LogP contribution in [0.15, 0.2) is 11.6 Å². The maximum absolute atomic E-state index is 4.42. The number of hydrogen-bond acceptors (Lipinski definition) is 5. The third kappa shape index (κ3) is 2.00. The van der Waals surface area contributed by atoms with E-state index < -0.39 is 0 Å². The zero-order chi connectivity index (χ0) is 9.97. The van der Waals surface area contributed by atoms with Gasteiger partial charge < -0.3 is 5.32 Å². The number of rotatable bonds is 3. The van der Waals surface area contributed by atoms with Gasteiger partial charge in [0.25, 0.3) is 0 Å². The van der Waals surface area contributed by atoms with Gasteiger partial charge in [-0.05, 0) is 14.0 Å². The zero-order valence-electron chi connectivity index (χ0n) is 8.07. The maximum Gasteiger partial charge on any atom is 0.107 e. The first-order chi connectivity index (χ1) is 6.79. The standard InChI is InChI=1S/C9H11N3S2/c1-6-12-7(5-13-6)8-3-11-9(14-8)4-10-2/h3,5,10H,4H2,1-2H3. The van der Waals surface area contributed by atoms with Gasteiger partial charge in [0.1, 0.15) is 5.01 Å². The molecule has 2 rings (SSSR count). The molecule has 2 aromatic rings. The normalized spacial score (nSPS) is 10.7. The van der Waals surface area contributed by atoms with Crippen molar-refractivity contribution in [1.29, 1.82) is 0 Å². The van der Waals surface area contributed by atoms with E-state index >= 15 is 0 Å². The van der Waals surface area contributed by atoms with E-state index in [9.17, 15) is 0 Å². The van der Waals surface area contributed by atoms with Crippen molar-refractivity contribution < 1.29 is 0 Å². The fourth-order valence-corrected chi connectivity index (χ4v) is 2.72. The summed E-state index contributed by atoms with van der Waals surface area (Å²) in [6.07, 6.45) is 1.89. The highest BCUT2D eigenvalue weighted by Gasteiger charge is 2.06. The molecule has 74 valence electrons. The number of aromatic nitrogens is 2. The first-order valence-electron chi connectivity index (χ1n) is 4.31. The molecule has 0 aliphatic rings. The quantitative estimate of drug-likeness (QED) is 0.871. The molecule has 0 fully saturated rings. The van der Waals surface area contributed by atoms with E-state index in [0.29, 0.717) is 0 Å². The van der Waals surface area contributed by atoms with E-state index in [1.165, 1.54) is 0 Å². The van der Waals surface area contributed by atoms with Crippen molar-refractivity contribution in [1.82, 2.24) is 15.3 Å². The summed E-state index contributed by atoms with van der Waals surface area (Å²) in [5.74, 6) is 0. The number of nitrogens with one attached hydrogen (secondary N) is 1. The molecule has 1 N–H and O–H groups in total. The van der Waals surface area contributed by atoms with Gasteiger partial charge in [0.15, 0.2) is 0 Å². The van der Waals surface area contributed by atoms with Crippen molar-refractivity contribution in [2.24, 2.45) is 0 Å². The van der Waals surface area contributed by atoms with Gasteiger partial charge in [-0.15, -0.1) is 22.7 Å². The Kier molecular flexibility index (Phi) is 2.90. The summed E-state index contributed by atoms with van der Waals surface area (Å²) in [6, 6.07) is 0. The molecule has 14 heavy (non-hydrogen) atoms. The molecule has 0 saturated heterocycles. The second-order valence-corrected chi connectivity index (χ2v) is 5.08. The Bertz CT molecular complexity index is 419. The van der Waals surface area contributed by atoms with Gasteiger partial charge in [0.05, 0.1) is 15.6 Å².